The summed E-state index contributed by atoms with van der Waals surface area (Å²) in [7, 11) is 3.56. The van der Waals surface area contributed by atoms with Gasteiger partial charge in [0.25, 0.3) is 0 Å². The van der Waals surface area contributed by atoms with Crippen molar-refractivity contribution in [3.05, 3.63) is 12.7 Å². The Labute approximate surface area is 144 Å². The molecule has 0 spiro atoms. The second-order valence-electron chi connectivity index (χ2n) is 6.02. The molecule has 3 heterocycles. The average Bonchev–Trinajstić information content (AvgIpc) is 3.16. The first-order valence-electron chi connectivity index (χ1n) is 8.08. The molecule has 1 fully saturated rings. The van der Waals surface area contributed by atoms with Crippen molar-refractivity contribution in [2.45, 2.75) is 31.0 Å². The minimum atomic E-state index is -1.19. The van der Waals surface area contributed by atoms with Gasteiger partial charge in [0.05, 0.1) is 12.9 Å². The Bertz CT molecular complexity index is 711. The number of nitrogens with zero attached hydrogens (tertiary/aromatic N) is 5. The fourth-order valence-corrected chi connectivity index (χ4v) is 2.97. The van der Waals surface area contributed by atoms with Crippen LogP contribution >= 0.6 is 0 Å². The third-order valence-corrected chi connectivity index (χ3v) is 4.33. The first-order valence-corrected chi connectivity index (χ1v) is 8.08. The molecule has 0 radical (unpaired) electrons. The van der Waals surface area contributed by atoms with Gasteiger partial charge in [0, 0.05) is 27.3 Å². The molecular weight excluding hydrogens is 330 g/mol. The van der Waals surface area contributed by atoms with E-state index in [0.29, 0.717) is 23.6 Å². The van der Waals surface area contributed by atoms with Gasteiger partial charge >= 0.3 is 0 Å². The summed E-state index contributed by atoms with van der Waals surface area (Å²) in [6.07, 6.45) is -0.337. The molecule has 0 unspecified atom stereocenters. The van der Waals surface area contributed by atoms with Crippen LogP contribution in [0.3, 0.4) is 0 Å². The number of imidazole rings is 1. The first-order chi connectivity index (χ1) is 12.1. The summed E-state index contributed by atoms with van der Waals surface area (Å²) in [5.74, 6) is 0.659. The van der Waals surface area contributed by atoms with Gasteiger partial charge in [-0.25, -0.2) is 15.0 Å². The largest absolute Gasteiger partial charge is 0.394 e. The van der Waals surface area contributed by atoms with E-state index in [1.54, 1.807) is 11.7 Å². The summed E-state index contributed by atoms with van der Waals surface area (Å²) in [5.41, 5.74) is 1.05. The molecule has 0 bridgehead atoms. The number of aliphatic hydroxyl groups excluding tert-OH is 3. The zero-order valence-corrected chi connectivity index (χ0v) is 14.2. The van der Waals surface area contributed by atoms with E-state index in [0.717, 1.165) is 13.0 Å². The van der Waals surface area contributed by atoms with Gasteiger partial charge in [0.2, 0.25) is 0 Å². The summed E-state index contributed by atoms with van der Waals surface area (Å²) in [4.78, 5) is 14.8. The van der Waals surface area contributed by atoms with Crippen molar-refractivity contribution in [1.29, 1.82) is 0 Å². The first kappa shape index (κ1) is 18.0. The number of hydrogen-bond acceptors (Lipinski definition) is 9. The normalized spacial score (nSPS) is 26.4. The lowest BCUT2D eigenvalue weighted by Gasteiger charge is -2.19. The van der Waals surface area contributed by atoms with Crippen molar-refractivity contribution in [1.82, 2.24) is 19.5 Å². The van der Waals surface area contributed by atoms with Crippen LogP contribution in [0.4, 0.5) is 5.82 Å². The second-order valence-corrected chi connectivity index (χ2v) is 6.02. The van der Waals surface area contributed by atoms with Crippen LogP contribution in [0.15, 0.2) is 12.7 Å². The quantitative estimate of drug-likeness (QED) is 0.532. The highest BCUT2D eigenvalue weighted by Gasteiger charge is 2.44. The monoisotopic (exact) mass is 353 g/mol. The summed E-state index contributed by atoms with van der Waals surface area (Å²) in [6, 6.07) is 0. The molecule has 0 amide bonds. The average molecular weight is 353 g/mol. The van der Waals surface area contributed by atoms with E-state index in [4.69, 9.17) is 9.47 Å². The van der Waals surface area contributed by atoms with Gasteiger partial charge in [-0.1, -0.05) is 0 Å². The predicted octanol–water partition coefficient (Wildman–Crippen LogP) is -1.09. The Morgan fingerprint density at radius 3 is 2.76 bits per heavy atom. The molecule has 138 valence electrons. The topological polar surface area (TPSA) is 126 Å². The Balaban J connectivity index is 1.89. The van der Waals surface area contributed by atoms with E-state index in [1.807, 2.05) is 11.9 Å². The standard InChI is InChI=1S/C15H23N5O5/c1-19(4-3-5-24-2)13-10-14(17-7-16-13)20(8-18-10)15-12(23)11(22)9(6-21)25-15/h7-9,11-12,15,21-23H,3-6H2,1-2H3/t9-,11-,12-,15-/m1/s1. The molecule has 25 heavy (non-hydrogen) atoms. The van der Waals surface area contributed by atoms with Gasteiger partial charge in [-0.15, -0.1) is 0 Å². The number of aliphatic hydroxyl groups is 3. The summed E-state index contributed by atoms with van der Waals surface area (Å²) in [6.45, 7) is 1.00. The lowest BCUT2D eigenvalue weighted by molar-refractivity contribution is -0.0511. The summed E-state index contributed by atoms with van der Waals surface area (Å²) in [5, 5.41) is 29.4. The van der Waals surface area contributed by atoms with Crippen molar-refractivity contribution >= 4 is 17.0 Å². The molecule has 10 heteroatoms. The Hall–Kier alpha value is -1.85. The molecule has 4 atom stereocenters. The van der Waals surface area contributed by atoms with Crippen molar-refractivity contribution in [3.63, 3.8) is 0 Å². The third kappa shape index (κ3) is 3.31. The number of rotatable bonds is 7. The van der Waals surface area contributed by atoms with Gasteiger partial charge in [-0.3, -0.25) is 4.57 Å². The van der Waals surface area contributed by atoms with E-state index in [2.05, 4.69) is 15.0 Å². The van der Waals surface area contributed by atoms with E-state index < -0.39 is 24.5 Å². The Morgan fingerprint density at radius 2 is 2.08 bits per heavy atom. The van der Waals surface area contributed by atoms with Crippen LogP contribution in [0, 0.1) is 0 Å². The molecule has 2 aromatic heterocycles. The van der Waals surface area contributed by atoms with Crippen LogP contribution in [0.2, 0.25) is 0 Å². The lowest BCUT2D eigenvalue weighted by Crippen LogP contribution is -2.33. The molecule has 2 aromatic rings. The van der Waals surface area contributed by atoms with E-state index in [-0.39, 0.29) is 6.61 Å². The van der Waals surface area contributed by atoms with Crippen LogP contribution in [-0.4, -0.2) is 87.1 Å². The van der Waals surface area contributed by atoms with E-state index in [9.17, 15) is 15.3 Å². The highest BCUT2D eigenvalue weighted by Crippen LogP contribution is 2.32. The maximum absolute atomic E-state index is 10.2. The molecule has 0 saturated carbocycles. The van der Waals surface area contributed by atoms with Crippen LogP contribution in [0.1, 0.15) is 12.6 Å². The Kier molecular flexibility index (Phi) is 5.45. The van der Waals surface area contributed by atoms with Crippen LogP contribution in [0.5, 0.6) is 0 Å². The van der Waals surface area contributed by atoms with Crippen molar-refractivity contribution in [2.24, 2.45) is 0 Å². The third-order valence-electron chi connectivity index (χ3n) is 4.33. The highest BCUT2D eigenvalue weighted by molar-refractivity contribution is 5.83. The number of fused-ring (bicyclic) bond motifs is 1. The van der Waals surface area contributed by atoms with Gasteiger partial charge in [-0.2, -0.15) is 0 Å². The lowest BCUT2D eigenvalue weighted by atomic mass is 10.1. The molecule has 3 N–H and O–H groups in total. The zero-order chi connectivity index (χ0) is 18.0. The zero-order valence-electron chi connectivity index (χ0n) is 14.2. The van der Waals surface area contributed by atoms with E-state index in [1.165, 1.54) is 12.7 Å². The second kappa shape index (κ2) is 7.58. The minimum absolute atomic E-state index is 0.385. The smallest absolute Gasteiger partial charge is 0.167 e. The SMILES string of the molecule is COCCCN(C)c1ncnc2c1ncn2[C@@H]1O[C@H](CO)[C@@H](O)[C@H]1O. The molecule has 1 saturated heterocycles. The van der Waals surface area contributed by atoms with Crippen LogP contribution < -0.4 is 4.90 Å². The van der Waals surface area contributed by atoms with Crippen LogP contribution in [-0.2, 0) is 9.47 Å². The fraction of sp³-hybridized carbons (Fsp3) is 0.667. The van der Waals surface area contributed by atoms with E-state index >= 15 is 0 Å². The molecule has 1 aliphatic rings. The Morgan fingerprint density at radius 1 is 1.28 bits per heavy atom. The summed E-state index contributed by atoms with van der Waals surface area (Å²) < 4.78 is 12.2. The van der Waals surface area contributed by atoms with Crippen LogP contribution in [0.25, 0.3) is 11.2 Å². The number of methoxy groups -OCH3 is 1. The molecule has 1 aliphatic heterocycles. The van der Waals surface area contributed by atoms with Gasteiger partial charge in [-0.05, 0) is 6.42 Å². The van der Waals surface area contributed by atoms with Gasteiger partial charge in [0.15, 0.2) is 23.2 Å². The molecule has 10 nitrogen and oxygen atoms in total. The minimum Gasteiger partial charge on any atom is -0.394 e. The maximum atomic E-state index is 10.2. The van der Waals surface area contributed by atoms with Gasteiger partial charge < -0.3 is 29.7 Å². The van der Waals surface area contributed by atoms with Crippen molar-refractivity contribution in [3.8, 4) is 0 Å². The number of hydrogen-bond donors (Lipinski definition) is 3. The number of aromatic nitrogens is 4. The summed E-state index contributed by atoms with van der Waals surface area (Å²) >= 11 is 0. The molecule has 0 aromatic carbocycles. The molecule has 0 aliphatic carbocycles. The maximum Gasteiger partial charge on any atom is 0.167 e. The highest BCUT2D eigenvalue weighted by atomic mass is 16.6. The fourth-order valence-electron chi connectivity index (χ4n) is 2.97. The molecule has 3 rings (SSSR count). The van der Waals surface area contributed by atoms with Crippen molar-refractivity contribution in [2.75, 3.05) is 38.8 Å². The molecular formula is C15H23N5O5. The van der Waals surface area contributed by atoms with Gasteiger partial charge in [0.1, 0.15) is 24.6 Å². The van der Waals surface area contributed by atoms with Crippen molar-refractivity contribution < 1.29 is 24.8 Å². The predicted molar refractivity (Wildman–Crippen MR) is 88.1 cm³/mol. The number of ether oxygens (including phenoxy) is 2. The number of anilines is 1.